The van der Waals surface area contributed by atoms with Crippen molar-refractivity contribution in [2.24, 2.45) is 7.05 Å². The van der Waals surface area contributed by atoms with Gasteiger partial charge >= 0.3 is 0 Å². The van der Waals surface area contributed by atoms with E-state index in [9.17, 15) is 13.0 Å². The van der Waals surface area contributed by atoms with Crippen LogP contribution in [-0.4, -0.2) is 27.1 Å². The van der Waals surface area contributed by atoms with Crippen molar-refractivity contribution in [3.05, 3.63) is 69.3 Å². The Morgan fingerprint density at radius 1 is 1.10 bits per heavy atom. The number of rotatable bonds is 2. The zero-order chi connectivity index (χ0) is 22.1. The maximum Gasteiger partial charge on any atom is 0.217 e. The summed E-state index contributed by atoms with van der Waals surface area (Å²) in [5.41, 5.74) is 3.48. The average molecular weight is 485 g/mol. The van der Waals surface area contributed by atoms with Gasteiger partial charge in [0.1, 0.15) is 7.05 Å². The van der Waals surface area contributed by atoms with Crippen molar-refractivity contribution in [1.82, 2.24) is 0 Å². The van der Waals surface area contributed by atoms with Crippen molar-refractivity contribution < 1.29 is 21.7 Å². The molecule has 0 bridgehead atoms. The lowest BCUT2D eigenvalue weighted by atomic mass is 10.2. The summed E-state index contributed by atoms with van der Waals surface area (Å²) in [6.45, 7) is 0. The van der Waals surface area contributed by atoms with Crippen LogP contribution in [0.2, 0.25) is 10.0 Å². The Kier molecular flexibility index (Phi) is 6.96. The Morgan fingerprint density at radius 2 is 1.73 bits per heavy atom. The van der Waals surface area contributed by atoms with Gasteiger partial charge < -0.3 is 9.45 Å². The predicted octanol–water partition coefficient (Wildman–Crippen LogP) is 4.60. The molecule has 2 heterocycles. The number of anilines is 1. The lowest BCUT2D eigenvalue weighted by molar-refractivity contribution is -0.646. The SMILES string of the molecule is CN1/C(=C/c2ccc3cc(Cl)ccc3[n+]2C)Sc2cc(Cl)ccc21.COS(=O)(=O)[O-]. The van der Waals surface area contributed by atoms with E-state index < -0.39 is 10.4 Å². The summed E-state index contributed by atoms with van der Waals surface area (Å²) in [5, 5.41) is 3.84. The summed E-state index contributed by atoms with van der Waals surface area (Å²) < 4.78 is 33.2. The fourth-order valence-corrected chi connectivity index (χ4v) is 4.49. The first-order valence-electron chi connectivity index (χ1n) is 8.61. The van der Waals surface area contributed by atoms with Crippen LogP contribution in [0, 0.1) is 0 Å². The summed E-state index contributed by atoms with van der Waals surface area (Å²) in [4.78, 5) is 3.38. The van der Waals surface area contributed by atoms with Crippen molar-refractivity contribution in [1.29, 1.82) is 0 Å². The first-order chi connectivity index (χ1) is 14.1. The average Bonchev–Trinajstić information content (AvgIpc) is 2.98. The zero-order valence-electron chi connectivity index (χ0n) is 16.3. The van der Waals surface area contributed by atoms with Crippen LogP contribution in [0.15, 0.2) is 58.5 Å². The molecule has 0 unspecified atom stereocenters. The van der Waals surface area contributed by atoms with Gasteiger partial charge in [-0.1, -0.05) is 35.0 Å². The first-order valence-corrected chi connectivity index (χ1v) is 11.5. The number of hydrogen-bond donors (Lipinski definition) is 0. The molecule has 30 heavy (non-hydrogen) atoms. The summed E-state index contributed by atoms with van der Waals surface area (Å²) in [6.07, 6.45) is 2.20. The van der Waals surface area contributed by atoms with Crippen LogP contribution in [-0.2, 0) is 21.6 Å². The summed E-state index contributed by atoms with van der Waals surface area (Å²) >= 11 is 13.9. The molecule has 1 aliphatic rings. The van der Waals surface area contributed by atoms with E-state index in [0.29, 0.717) is 0 Å². The molecule has 0 atom stereocenters. The molecule has 0 aliphatic carbocycles. The van der Waals surface area contributed by atoms with Crippen LogP contribution in [0.4, 0.5) is 5.69 Å². The fourth-order valence-electron chi connectivity index (χ4n) is 2.93. The van der Waals surface area contributed by atoms with Crippen LogP contribution in [0.3, 0.4) is 0 Å². The van der Waals surface area contributed by atoms with E-state index in [2.05, 4.69) is 58.1 Å². The molecular weight excluding hydrogens is 467 g/mol. The lowest BCUT2D eigenvalue weighted by Gasteiger charge is -2.13. The molecular formula is C20H18Cl2N2O4S2. The third-order valence-electron chi connectivity index (χ3n) is 4.48. The number of aromatic nitrogens is 1. The van der Waals surface area contributed by atoms with Gasteiger partial charge in [0, 0.05) is 45.6 Å². The molecule has 0 fully saturated rings. The van der Waals surface area contributed by atoms with E-state index in [4.69, 9.17) is 23.2 Å². The highest BCUT2D eigenvalue weighted by Crippen LogP contribution is 2.46. The third-order valence-corrected chi connectivity index (χ3v) is 6.50. The molecule has 0 saturated heterocycles. The van der Waals surface area contributed by atoms with Gasteiger partial charge in [-0.2, -0.15) is 4.57 Å². The van der Waals surface area contributed by atoms with Gasteiger partial charge in [-0.15, -0.1) is 0 Å². The monoisotopic (exact) mass is 484 g/mol. The molecule has 0 radical (unpaired) electrons. The van der Waals surface area contributed by atoms with Gasteiger partial charge in [0.15, 0.2) is 0 Å². The minimum absolute atomic E-state index is 0.756. The second kappa shape index (κ2) is 9.13. The number of hydrogen-bond acceptors (Lipinski definition) is 6. The second-order valence-electron chi connectivity index (χ2n) is 6.35. The number of fused-ring (bicyclic) bond motifs is 2. The molecule has 2 aromatic carbocycles. The number of benzene rings is 2. The van der Waals surface area contributed by atoms with Crippen LogP contribution in [0.5, 0.6) is 0 Å². The molecule has 4 rings (SSSR count). The Labute approximate surface area is 189 Å². The van der Waals surface area contributed by atoms with E-state index in [1.54, 1.807) is 11.8 Å². The van der Waals surface area contributed by atoms with E-state index in [0.717, 1.165) is 33.8 Å². The second-order valence-corrected chi connectivity index (χ2v) is 9.44. The van der Waals surface area contributed by atoms with Crippen LogP contribution in [0.1, 0.15) is 5.69 Å². The Hall–Kier alpha value is -1.81. The molecule has 0 N–H and O–H groups in total. The van der Waals surface area contributed by atoms with E-state index in [1.165, 1.54) is 15.6 Å². The highest BCUT2D eigenvalue weighted by Gasteiger charge is 2.23. The standard InChI is InChI=1S/C19H15Cl2N2S.CH4O4S/c1-22-15(6-3-12-9-13(20)4-7-16(12)22)11-19-23(2)17-8-5-14(21)10-18(17)24-19;1-5-6(2,3)4/h3-11H,1-2H3;1H3,(H,2,3,4)/q+1;/p-1. The minimum atomic E-state index is -4.41. The lowest BCUT2D eigenvalue weighted by Crippen LogP contribution is -2.33. The minimum Gasteiger partial charge on any atom is -0.726 e. The van der Waals surface area contributed by atoms with Crippen molar-refractivity contribution in [3.8, 4) is 0 Å². The highest BCUT2D eigenvalue weighted by atomic mass is 35.5. The number of nitrogens with zero attached hydrogens (tertiary/aromatic N) is 2. The third kappa shape index (κ3) is 5.26. The Balaban J connectivity index is 0.000000377. The number of pyridine rings is 1. The molecule has 158 valence electrons. The van der Waals surface area contributed by atoms with Gasteiger partial charge in [-0.05, 0) is 36.4 Å². The smallest absolute Gasteiger partial charge is 0.217 e. The first kappa shape index (κ1) is 22.9. The summed E-state index contributed by atoms with van der Waals surface area (Å²) in [5.74, 6) is 0. The maximum absolute atomic E-state index is 9.22. The topological polar surface area (TPSA) is 73.5 Å². The fraction of sp³-hybridized carbons (Fsp3) is 0.150. The molecule has 6 nitrogen and oxygen atoms in total. The Morgan fingerprint density at radius 3 is 2.40 bits per heavy atom. The van der Waals surface area contributed by atoms with Crippen molar-refractivity contribution in [2.45, 2.75) is 4.90 Å². The molecule has 10 heteroatoms. The van der Waals surface area contributed by atoms with Gasteiger partial charge in [0.2, 0.25) is 21.6 Å². The maximum atomic E-state index is 9.22. The van der Waals surface area contributed by atoms with Crippen LogP contribution in [0.25, 0.3) is 17.0 Å². The van der Waals surface area contributed by atoms with Gasteiger partial charge in [0.05, 0.1) is 17.8 Å². The molecule has 1 aromatic heterocycles. The van der Waals surface area contributed by atoms with Crippen LogP contribution >= 0.6 is 35.0 Å². The normalized spacial score (nSPS) is 14.6. The molecule has 0 saturated carbocycles. The zero-order valence-corrected chi connectivity index (χ0v) is 19.4. The molecule has 0 spiro atoms. The summed E-state index contributed by atoms with van der Waals surface area (Å²) in [6, 6.07) is 16.2. The quantitative estimate of drug-likeness (QED) is 0.300. The van der Waals surface area contributed by atoms with E-state index in [1.807, 2.05) is 24.3 Å². The van der Waals surface area contributed by atoms with Crippen molar-refractivity contribution >= 4 is 68.0 Å². The van der Waals surface area contributed by atoms with Crippen LogP contribution < -0.4 is 9.47 Å². The van der Waals surface area contributed by atoms with Crippen molar-refractivity contribution in [3.63, 3.8) is 0 Å². The highest BCUT2D eigenvalue weighted by molar-refractivity contribution is 8.03. The Bertz CT molecular complexity index is 1250. The molecule has 0 amide bonds. The van der Waals surface area contributed by atoms with Gasteiger partial charge in [-0.3, -0.25) is 4.18 Å². The largest absolute Gasteiger partial charge is 0.726 e. The van der Waals surface area contributed by atoms with Crippen molar-refractivity contribution in [2.75, 3.05) is 19.1 Å². The number of aryl methyl sites for hydroxylation is 1. The molecule has 1 aliphatic heterocycles. The van der Waals surface area contributed by atoms with E-state index in [-0.39, 0.29) is 0 Å². The predicted molar refractivity (Wildman–Crippen MR) is 121 cm³/mol. The van der Waals surface area contributed by atoms with Gasteiger partial charge in [-0.25, -0.2) is 8.42 Å². The summed E-state index contributed by atoms with van der Waals surface area (Å²) in [7, 11) is 0.554. The van der Waals surface area contributed by atoms with E-state index >= 15 is 0 Å². The number of halogens is 2. The number of thioether (sulfide) groups is 1. The van der Waals surface area contributed by atoms with Gasteiger partial charge in [0.25, 0.3) is 0 Å². The molecule has 3 aromatic rings.